The molecule has 0 unspecified atom stereocenters. The molecule has 7 heteroatoms. The number of fused-ring (bicyclic) bond motifs is 1. The van der Waals surface area contributed by atoms with Crippen LogP contribution < -0.4 is 0 Å². The summed E-state index contributed by atoms with van der Waals surface area (Å²) in [4.78, 5) is 30.3. The number of aromatic nitrogens is 1. The number of hydrogen-bond acceptors (Lipinski definition) is 6. The molecule has 0 saturated carbocycles. The standard InChI is InChI=1S/C21H20N2O4S/c24-19(13-26-20(25)6-5-15-9-12-28-14-15)23-10-7-16(8-11-23)21-22-17-3-1-2-4-18(17)27-21/h1-6,9,12,14,16H,7-8,10-11,13H2/b6-5+. The Bertz CT molecular complexity index is 952. The molecule has 0 radical (unpaired) electrons. The molecule has 3 heterocycles. The summed E-state index contributed by atoms with van der Waals surface area (Å²) < 4.78 is 10.9. The highest BCUT2D eigenvalue weighted by molar-refractivity contribution is 7.08. The van der Waals surface area contributed by atoms with E-state index in [1.807, 2.05) is 41.1 Å². The van der Waals surface area contributed by atoms with E-state index in [-0.39, 0.29) is 18.4 Å². The average Bonchev–Trinajstić information content (AvgIpc) is 3.40. The van der Waals surface area contributed by atoms with E-state index in [1.165, 1.54) is 6.08 Å². The highest BCUT2D eigenvalue weighted by Gasteiger charge is 2.27. The zero-order chi connectivity index (χ0) is 19.3. The molecule has 4 rings (SSSR count). The number of likely N-dealkylation sites (tertiary alicyclic amines) is 1. The van der Waals surface area contributed by atoms with Crippen LogP contribution in [0.5, 0.6) is 0 Å². The molecule has 0 N–H and O–H groups in total. The molecule has 2 aromatic heterocycles. The van der Waals surface area contributed by atoms with Crippen molar-refractivity contribution in [2.45, 2.75) is 18.8 Å². The second-order valence-corrected chi connectivity index (χ2v) is 7.45. The summed E-state index contributed by atoms with van der Waals surface area (Å²) in [5.41, 5.74) is 2.59. The molecule has 0 spiro atoms. The summed E-state index contributed by atoms with van der Waals surface area (Å²) in [5, 5.41) is 3.86. The molecule has 3 aromatic rings. The Morgan fingerprint density at radius 3 is 2.82 bits per heavy atom. The quantitative estimate of drug-likeness (QED) is 0.484. The second kappa shape index (κ2) is 8.39. The first-order valence-corrected chi connectivity index (χ1v) is 10.1. The Labute approximate surface area is 166 Å². The number of piperidine rings is 1. The van der Waals surface area contributed by atoms with E-state index in [9.17, 15) is 9.59 Å². The van der Waals surface area contributed by atoms with Crippen LogP contribution in [-0.2, 0) is 14.3 Å². The van der Waals surface area contributed by atoms with Crippen LogP contribution in [0.4, 0.5) is 0 Å². The lowest BCUT2D eigenvalue weighted by Crippen LogP contribution is -2.40. The fraction of sp³-hybridized carbons (Fsp3) is 0.286. The van der Waals surface area contributed by atoms with E-state index >= 15 is 0 Å². The third-order valence-corrected chi connectivity index (χ3v) is 5.50. The lowest BCUT2D eigenvalue weighted by atomic mass is 9.97. The minimum atomic E-state index is -0.513. The molecule has 144 valence electrons. The first kappa shape index (κ1) is 18.4. The summed E-state index contributed by atoms with van der Waals surface area (Å²) in [6.07, 6.45) is 4.58. The SMILES string of the molecule is O=C(/C=C/c1ccsc1)OCC(=O)N1CCC(c2nc3ccccc3o2)CC1. The normalized spacial score (nSPS) is 15.4. The van der Waals surface area contributed by atoms with Crippen LogP contribution in [0.1, 0.15) is 30.2 Å². The van der Waals surface area contributed by atoms with Crippen molar-refractivity contribution in [2.75, 3.05) is 19.7 Å². The topological polar surface area (TPSA) is 72.6 Å². The molecule has 1 aliphatic heterocycles. The minimum absolute atomic E-state index is 0.173. The number of rotatable bonds is 5. The Balaban J connectivity index is 1.25. The number of ether oxygens (including phenoxy) is 1. The molecule has 1 aliphatic rings. The molecule has 1 fully saturated rings. The number of oxazole rings is 1. The van der Waals surface area contributed by atoms with Crippen molar-refractivity contribution in [3.63, 3.8) is 0 Å². The smallest absolute Gasteiger partial charge is 0.331 e. The molecule has 1 aromatic carbocycles. The van der Waals surface area contributed by atoms with Crippen molar-refractivity contribution in [1.82, 2.24) is 9.88 Å². The Kier molecular flexibility index (Phi) is 5.53. The molecule has 28 heavy (non-hydrogen) atoms. The number of esters is 1. The third kappa shape index (κ3) is 4.31. The fourth-order valence-electron chi connectivity index (χ4n) is 3.25. The van der Waals surface area contributed by atoms with Gasteiger partial charge >= 0.3 is 5.97 Å². The van der Waals surface area contributed by atoms with Crippen LogP contribution in [0, 0.1) is 0 Å². The number of amides is 1. The molecule has 0 aliphatic carbocycles. The van der Waals surface area contributed by atoms with Crippen LogP contribution in [0.2, 0.25) is 0 Å². The number of para-hydroxylation sites is 2. The van der Waals surface area contributed by atoms with Gasteiger partial charge in [-0.05, 0) is 53.4 Å². The van der Waals surface area contributed by atoms with Gasteiger partial charge in [-0.25, -0.2) is 9.78 Å². The van der Waals surface area contributed by atoms with Crippen LogP contribution in [0.3, 0.4) is 0 Å². The van der Waals surface area contributed by atoms with Crippen LogP contribution in [0.15, 0.2) is 51.6 Å². The number of carbonyl (C=O) groups is 2. The largest absolute Gasteiger partial charge is 0.452 e. The monoisotopic (exact) mass is 396 g/mol. The maximum Gasteiger partial charge on any atom is 0.331 e. The third-order valence-electron chi connectivity index (χ3n) is 4.80. The first-order valence-electron chi connectivity index (χ1n) is 9.19. The number of carbonyl (C=O) groups excluding carboxylic acids is 2. The van der Waals surface area contributed by atoms with Gasteiger partial charge in [0, 0.05) is 25.1 Å². The summed E-state index contributed by atoms with van der Waals surface area (Å²) >= 11 is 1.55. The van der Waals surface area contributed by atoms with Gasteiger partial charge in [-0.3, -0.25) is 4.79 Å². The molecule has 6 nitrogen and oxygen atoms in total. The summed E-state index contributed by atoms with van der Waals surface area (Å²) in [7, 11) is 0. The maximum absolute atomic E-state index is 12.3. The molecular weight excluding hydrogens is 376 g/mol. The maximum atomic E-state index is 12.3. The number of thiophene rings is 1. The highest BCUT2D eigenvalue weighted by Crippen LogP contribution is 2.29. The Morgan fingerprint density at radius 2 is 2.07 bits per heavy atom. The van der Waals surface area contributed by atoms with E-state index in [0.717, 1.165) is 35.4 Å². The van der Waals surface area contributed by atoms with Gasteiger partial charge in [-0.15, -0.1) is 0 Å². The molecule has 1 amide bonds. The Morgan fingerprint density at radius 1 is 1.25 bits per heavy atom. The van der Waals surface area contributed by atoms with Crippen molar-refractivity contribution in [3.8, 4) is 0 Å². The van der Waals surface area contributed by atoms with Gasteiger partial charge in [0.25, 0.3) is 5.91 Å². The lowest BCUT2D eigenvalue weighted by Gasteiger charge is -2.30. The van der Waals surface area contributed by atoms with E-state index < -0.39 is 5.97 Å². The van der Waals surface area contributed by atoms with E-state index in [1.54, 1.807) is 22.3 Å². The zero-order valence-electron chi connectivity index (χ0n) is 15.2. The summed E-state index contributed by atoms with van der Waals surface area (Å²) in [5.74, 6) is 0.250. The molecular formula is C21H20N2O4S. The lowest BCUT2D eigenvalue weighted by molar-refractivity contribution is -0.148. The number of nitrogens with zero attached hydrogens (tertiary/aromatic N) is 2. The zero-order valence-corrected chi connectivity index (χ0v) is 16.1. The molecule has 0 atom stereocenters. The average molecular weight is 396 g/mol. The van der Waals surface area contributed by atoms with Crippen molar-refractivity contribution in [3.05, 3.63) is 58.6 Å². The summed E-state index contributed by atoms with van der Waals surface area (Å²) in [6.45, 7) is 0.968. The van der Waals surface area contributed by atoms with Crippen LogP contribution in [-0.4, -0.2) is 41.5 Å². The number of benzene rings is 1. The predicted molar refractivity (Wildman–Crippen MR) is 107 cm³/mol. The van der Waals surface area contributed by atoms with Crippen molar-refractivity contribution in [1.29, 1.82) is 0 Å². The van der Waals surface area contributed by atoms with Gasteiger partial charge < -0.3 is 14.1 Å². The van der Waals surface area contributed by atoms with Gasteiger partial charge in [0.2, 0.25) is 0 Å². The predicted octanol–water partition coefficient (Wildman–Crippen LogP) is 3.85. The molecule has 0 bridgehead atoms. The molecule has 1 saturated heterocycles. The van der Waals surface area contributed by atoms with Gasteiger partial charge in [0.15, 0.2) is 18.1 Å². The van der Waals surface area contributed by atoms with Crippen molar-refractivity contribution in [2.24, 2.45) is 0 Å². The Hall–Kier alpha value is -2.93. The van der Waals surface area contributed by atoms with E-state index in [2.05, 4.69) is 4.98 Å². The number of hydrogen-bond donors (Lipinski definition) is 0. The van der Waals surface area contributed by atoms with Crippen molar-refractivity contribution >= 4 is 40.4 Å². The van der Waals surface area contributed by atoms with Crippen LogP contribution >= 0.6 is 11.3 Å². The van der Waals surface area contributed by atoms with Gasteiger partial charge in [-0.2, -0.15) is 11.3 Å². The van der Waals surface area contributed by atoms with Gasteiger partial charge in [0.05, 0.1) is 0 Å². The highest BCUT2D eigenvalue weighted by atomic mass is 32.1. The van der Waals surface area contributed by atoms with Gasteiger partial charge in [0.1, 0.15) is 5.52 Å². The minimum Gasteiger partial charge on any atom is -0.452 e. The van der Waals surface area contributed by atoms with E-state index in [4.69, 9.17) is 9.15 Å². The van der Waals surface area contributed by atoms with Crippen molar-refractivity contribution < 1.29 is 18.7 Å². The van der Waals surface area contributed by atoms with Crippen LogP contribution in [0.25, 0.3) is 17.2 Å². The summed E-state index contributed by atoms with van der Waals surface area (Å²) in [6, 6.07) is 9.61. The van der Waals surface area contributed by atoms with Gasteiger partial charge in [-0.1, -0.05) is 12.1 Å². The second-order valence-electron chi connectivity index (χ2n) is 6.67. The first-order chi connectivity index (χ1) is 13.7. The fourth-order valence-corrected chi connectivity index (χ4v) is 3.88. The van der Waals surface area contributed by atoms with E-state index in [0.29, 0.717) is 13.1 Å².